The van der Waals surface area contributed by atoms with Gasteiger partial charge in [-0.15, -0.1) is 0 Å². The van der Waals surface area contributed by atoms with Gasteiger partial charge in [0.05, 0.1) is 0 Å². The van der Waals surface area contributed by atoms with Gasteiger partial charge in [0, 0.05) is 18.9 Å². The summed E-state index contributed by atoms with van der Waals surface area (Å²) in [7, 11) is 0. The molecule has 6 heteroatoms. The van der Waals surface area contributed by atoms with E-state index in [2.05, 4.69) is 0 Å². The second kappa shape index (κ2) is 6.37. The standard InChI is InChI=1S/C21H21FN2O3/c1-21-12-16(15-7-2-3-8-17(15)27-21)18(19(23)25)20(26)24(21)10-9-13-5-4-6-14(22)11-13/h2-8,11,16,18H,9-10,12H2,1H3,(H2,23,25)/t16-,18-,21-/m0/s1. The van der Waals surface area contributed by atoms with Crippen LogP contribution < -0.4 is 10.5 Å². The molecular formula is C21H21FN2O3. The molecule has 0 aromatic heterocycles. The number of nitrogens with two attached hydrogens (primary N) is 1. The van der Waals surface area contributed by atoms with E-state index < -0.39 is 17.6 Å². The third-order valence-corrected chi connectivity index (χ3v) is 5.57. The number of rotatable bonds is 4. The highest BCUT2D eigenvalue weighted by atomic mass is 19.1. The molecule has 0 spiro atoms. The molecule has 5 nitrogen and oxygen atoms in total. The van der Waals surface area contributed by atoms with E-state index in [1.54, 1.807) is 11.0 Å². The number of nitrogens with zero attached hydrogens (tertiary/aromatic N) is 1. The number of para-hydroxylation sites is 1. The Morgan fingerprint density at radius 1 is 1.30 bits per heavy atom. The van der Waals surface area contributed by atoms with Crippen LogP contribution in [0.2, 0.25) is 0 Å². The molecule has 1 saturated heterocycles. The molecule has 2 aliphatic rings. The number of piperidine rings is 1. The van der Waals surface area contributed by atoms with Crippen LogP contribution in [-0.2, 0) is 16.0 Å². The molecule has 140 valence electrons. The molecular weight excluding hydrogens is 347 g/mol. The topological polar surface area (TPSA) is 72.6 Å². The Kier molecular flexibility index (Phi) is 4.13. The van der Waals surface area contributed by atoms with Gasteiger partial charge in [-0.3, -0.25) is 9.59 Å². The quantitative estimate of drug-likeness (QED) is 0.843. The Balaban J connectivity index is 1.68. The Bertz CT molecular complexity index is 916. The lowest BCUT2D eigenvalue weighted by molar-refractivity contribution is -0.175. The predicted octanol–water partition coefficient (Wildman–Crippen LogP) is 2.59. The van der Waals surface area contributed by atoms with Crippen LogP contribution in [0.25, 0.3) is 0 Å². The summed E-state index contributed by atoms with van der Waals surface area (Å²) >= 11 is 0. The van der Waals surface area contributed by atoms with Crippen molar-refractivity contribution in [2.24, 2.45) is 11.7 Å². The van der Waals surface area contributed by atoms with E-state index in [1.807, 2.05) is 37.3 Å². The molecule has 0 aliphatic carbocycles. The second-order valence-corrected chi connectivity index (χ2v) is 7.38. The summed E-state index contributed by atoms with van der Waals surface area (Å²) < 4.78 is 19.6. The number of benzene rings is 2. The highest BCUT2D eigenvalue weighted by Gasteiger charge is 2.55. The van der Waals surface area contributed by atoms with E-state index >= 15 is 0 Å². The van der Waals surface area contributed by atoms with Crippen LogP contribution in [0, 0.1) is 11.7 Å². The van der Waals surface area contributed by atoms with Gasteiger partial charge in [-0.25, -0.2) is 4.39 Å². The van der Waals surface area contributed by atoms with Crippen LogP contribution >= 0.6 is 0 Å². The van der Waals surface area contributed by atoms with Gasteiger partial charge < -0.3 is 15.4 Å². The third-order valence-electron chi connectivity index (χ3n) is 5.57. The minimum Gasteiger partial charge on any atom is -0.468 e. The largest absolute Gasteiger partial charge is 0.468 e. The zero-order chi connectivity index (χ0) is 19.2. The first-order valence-corrected chi connectivity index (χ1v) is 9.02. The number of carbonyl (C=O) groups is 2. The van der Waals surface area contributed by atoms with E-state index in [1.165, 1.54) is 12.1 Å². The fraction of sp³-hybridized carbons (Fsp3) is 0.333. The van der Waals surface area contributed by atoms with E-state index in [0.29, 0.717) is 25.1 Å². The average Bonchev–Trinajstić information content (AvgIpc) is 2.61. The van der Waals surface area contributed by atoms with Crippen molar-refractivity contribution in [1.82, 2.24) is 4.90 Å². The van der Waals surface area contributed by atoms with Crippen LogP contribution in [0.1, 0.15) is 30.4 Å². The van der Waals surface area contributed by atoms with E-state index in [0.717, 1.165) is 11.1 Å². The SMILES string of the molecule is C[C@@]12C[C@@H](c3ccccc3O1)[C@@H](C(N)=O)C(=O)N2CCc1cccc(F)c1. The van der Waals surface area contributed by atoms with Gasteiger partial charge in [0.15, 0.2) is 5.72 Å². The lowest BCUT2D eigenvalue weighted by Crippen LogP contribution is -2.64. The van der Waals surface area contributed by atoms with Crippen molar-refractivity contribution in [3.05, 3.63) is 65.5 Å². The molecule has 2 N–H and O–H groups in total. The molecule has 3 atom stereocenters. The number of halogens is 1. The predicted molar refractivity (Wildman–Crippen MR) is 97.3 cm³/mol. The van der Waals surface area contributed by atoms with Crippen LogP contribution in [0.5, 0.6) is 5.75 Å². The monoisotopic (exact) mass is 368 g/mol. The maximum absolute atomic E-state index is 13.5. The highest BCUT2D eigenvalue weighted by molar-refractivity contribution is 6.01. The van der Waals surface area contributed by atoms with Gasteiger partial charge in [0.25, 0.3) is 0 Å². The van der Waals surface area contributed by atoms with E-state index in [9.17, 15) is 14.0 Å². The van der Waals surface area contributed by atoms with E-state index in [-0.39, 0.29) is 17.6 Å². The summed E-state index contributed by atoms with van der Waals surface area (Å²) in [6, 6.07) is 13.7. The molecule has 0 saturated carbocycles. The Labute approximate surface area is 156 Å². The summed E-state index contributed by atoms with van der Waals surface area (Å²) in [5, 5.41) is 0. The number of ether oxygens (including phenoxy) is 1. The lowest BCUT2D eigenvalue weighted by Gasteiger charge is -2.52. The van der Waals surface area contributed by atoms with Crippen molar-refractivity contribution in [2.75, 3.05) is 6.54 Å². The lowest BCUT2D eigenvalue weighted by atomic mass is 9.73. The number of primary amides is 1. The van der Waals surface area contributed by atoms with Crippen LogP contribution in [0.15, 0.2) is 48.5 Å². The molecule has 2 aromatic rings. The summed E-state index contributed by atoms with van der Waals surface area (Å²) in [5.41, 5.74) is 6.36. The summed E-state index contributed by atoms with van der Waals surface area (Å²) in [4.78, 5) is 26.9. The first kappa shape index (κ1) is 17.5. The average molecular weight is 368 g/mol. The minimum absolute atomic E-state index is 0.296. The summed E-state index contributed by atoms with van der Waals surface area (Å²) in [6.07, 6.45) is 0.951. The molecule has 2 heterocycles. The minimum atomic E-state index is -0.921. The van der Waals surface area contributed by atoms with Crippen LogP contribution in [0.4, 0.5) is 4.39 Å². The highest BCUT2D eigenvalue weighted by Crippen LogP contribution is 2.49. The Morgan fingerprint density at radius 3 is 2.81 bits per heavy atom. The number of carbonyl (C=O) groups excluding carboxylic acids is 2. The molecule has 0 radical (unpaired) electrons. The van der Waals surface area contributed by atoms with Crippen molar-refractivity contribution in [3.8, 4) is 5.75 Å². The number of amides is 2. The van der Waals surface area contributed by atoms with Gasteiger partial charge in [0.2, 0.25) is 11.8 Å². The normalized spacial score (nSPS) is 26.3. The summed E-state index contributed by atoms with van der Waals surface area (Å²) in [6.45, 7) is 2.17. The summed E-state index contributed by atoms with van der Waals surface area (Å²) in [5.74, 6) is -1.81. The van der Waals surface area contributed by atoms with Gasteiger partial charge >= 0.3 is 0 Å². The molecule has 2 amide bonds. The van der Waals surface area contributed by atoms with Gasteiger partial charge in [-0.2, -0.15) is 0 Å². The zero-order valence-corrected chi connectivity index (χ0v) is 15.0. The van der Waals surface area contributed by atoms with Gasteiger partial charge in [-0.05, 0) is 42.7 Å². The number of fused-ring (bicyclic) bond motifs is 4. The maximum atomic E-state index is 13.5. The maximum Gasteiger partial charge on any atom is 0.238 e. The molecule has 1 fully saturated rings. The van der Waals surface area contributed by atoms with Crippen molar-refractivity contribution in [1.29, 1.82) is 0 Å². The fourth-order valence-electron chi connectivity index (χ4n) is 4.31. The molecule has 27 heavy (non-hydrogen) atoms. The zero-order valence-electron chi connectivity index (χ0n) is 15.0. The molecule has 2 aliphatic heterocycles. The first-order valence-electron chi connectivity index (χ1n) is 9.02. The van der Waals surface area contributed by atoms with Crippen LogP contribution in [-0.4, -0.2) is 29.0 Å². The van der Waals surface area contributed by atoms with Crippen molar-refractivity contribution in [2.45, 2.75) is 31.4 Å². The smallest absolute Gasteiger partial charge is 0.238 e. The Morgan fingerprint density at radius 2 is 2.07 bits per heavy atom. The molecule has 4 rings (SSSR count). The molecule has 2 aromatic carbocycles. The van der Waals surface area contributed by atoms with Crippen LogP contribution in [0.3, 0.4) is 0 Å². The fourth-order valence-corrected chi connectivity index (χ4v) is 4.31. The van der Waals surface area contributed by atoms with Gasteiger partial charge in [-0.1, -0.05) is 30.3 Å². The molecule has 0 unspecified atom stereocenters. The molecule has 2 bridgehead atoms. The first-order chi connectivity index (χ1) is 12.9. The van der Waals surface area contributed by atoms with Gasteiger partial charge in [0.1, 0.15) is 17.5 Å². The second-order valence-electron chi connectivity index (χ2n) is 7.38. The van der Waals surface area contributed by atoms with Crippen molar-refractivity contribution < 1.29 is 18.7 Å². The van der Waals surface area contributed by atoms with Crippen molar-refractivity contribution in [3.63, 3.8) is 0 Å². The number of hydrogen-bond donors (Lipinski definition) is 1. The third kappa shape index (κ3) is 2.95. The number of hydrogen-bond acceptors (Lipinski definition) is 3. The Hall–Kier alpha value is -2.89. The van der Waals surface area contributed by atoms with E-state index in [4.69, 9.17) is 10.5 Å². The van der Waals surface area contributed by atoms with Crippen molar-refractivity contribution >= 4 is 11.8 Å². The number of likely N-dealkylation sites (tertiary alicyclic amines) is 1.